The molecule has 0 saturated heterocycles. The Labute approximate surface area is 151 Å². The van der Waals surface area contributed by atoms with E-state index in [1.54, 1.807) is 0 Å². The Morgan fingerprint density at radius 1 is 1.20 bits per heavy atom. The van der Waals surface area contributed by atoms with Gasteiger partial charge in [-0.1, -0.05) is 51.2 Å². The lowest BCUT2D eigenvalue weighted by molar-refractivity contribution is -0.137. The molecule has 0 spiro atoms. The van der Waals surface area contributed by atoms with Crippen molar-refractivity contribution >= 4 is 11.8 Å². The first-order valence-electron chi connectivity index (χ1n) is 9.73. The highest BCUT2D eigenvalue weighted by atomic mass is 16.4. The highest BCUT2D eigenvalue weighted by molar-refractivity contribution is 5.84. The minimum atomic E-state index is -0.801. The van der Waals surface area contributed by atoms with Gasteiger partial charge in [0, 0.05) is 24.7 Å². The molecule has 1 rings (SSSR count). The summed E-state index contributed by atoms with van der Waals surface area (Å²) >= 11 is 0. The molecule has 4 atom stereocenters. The standard InChI is InChI=1S/C20H34O5/c1-2-3-4-5-9-12-16(21)20-15(17(22)14-18(20)23)11-8-6-7-10-13-19(24)25/h6,8,15-16,18,20-21,23H,2-5,7,9-14H2,1H3,(H,24,25). The summed E-state index contributed by atoms with van der Waals surface area (Å²) in [5.74, 6) is -1.47. The van der Waals surface area contributed by atoms with Crippen LogP contribution in [0.5, 0.6) is 0 Å². The molecule has 0 heterocycles. The fourth-order valence-corrected chi connectivity index (χ4v) is 3.67. The molecular formula is C20H34O5. The summed E-state index contributed by atoms with van der Waals surface area (Å²) in [5.41, 5.74) is 0. The first-order chi connectivity index (χ1) is 12.0. The maximum Gasteiger partial charge on any atom is 0.303 e. The number of rotatable bonds is 13. The maximum atomic E-state index is 12.1. The Balaban J connectivity index is 2.42. The number of aliphatic hydroxyl groups is 2. The van der Waals surface area contributed by atoms with E-state index in [0.717, 1.165) is 19.3 Å². The normalized spacial score (nSPS) is 24.9. The van der Waals surface area contributed by atoms with E-state index in [0.29, 0.717) is 25.7 Å². The number of unbranched alkanes of at least 4 members (excludes halogenated alkanes) is 5. The number of Topliss-reactive ketones (excluding diaryl/α,β-unsaturated/α-hetero) is 1. The zero-order valence-corrected chi connectivity index (χ0v) is 15.4. The van der Waals surface area contributed by atoms with E-state index in [1.807, 2.05) is 12.2 Å². The van der Waals surface area contributed by atoms with Crippen LogP contribution in [-0.2, 0) is 9.59 Å². The van der Waals surface area contributed by atoms with Gasteiger partial charge in [-0.2, -0.15) is 0 Å². The summed E-state index contributed by atoms with van der Waals surface area (Å²) in [7, 11) is 0. The average molecular weight is 354 g/mol. The van der Waals surface area contributed by atoms with Crippen molar-refractivity contribution in [2.45, 2.75) is 89.8 Å². The molecule has 0 aromatic heterocycles. The van der Waals surface area contributed by atoms with Crippen molar-refractivity contribution in [2.75, 3.05) is 0 Å². The summed E-state index contributed by atoms with van der Waals surface area (Å²) < 4.78 is 0. The zero-order chi connectivity index (χ0) is 18.7. The van der Waals surface area contributed by atoms with Gasteiger partial charge in [-0.05, 0) is 25.7 Å². The molecule has 25 heavy (non-hydrogen) atoms. The van der Waals surface area contributed by atoms with Crippen LogP contribution >= 0.6 is 0 Å². The Hall–Kier alpha value is -1.20. The van der Waals surface area contributed by atoms with Gasteiger partial charge < -0.3 is 15.3 Å². The fraction of sp³-hybridized carbons (Fsp3) is 0.800. The molecule has 0 amide bonds. The van der Waals surface area contributed by atoms with Gasteiger partial charge in [0.2, 0.25) is 0 Å². The zero-order valence-electron chi connectivity index (χ0n) is 15.4. The molecule has 1 fully saturated rings. The SMILES string of the molecule is CCCCCCCC(O)C1C(O)CC(=O)C1CC=CCCCC(=O)O. The molecule has 1 aliphatic carbocycles. The Morgan fingerprint density at radius 3 is 2.60 bits per heavy atom. The molecule has 0 aromatic rings. The predicted molar refractivity (Wildman–Crippen MR) is 97.2 cm³/mol. The number of carbonyl (C=O) groups is 2. The summed E-state index contributed by atoms with van der Waals surface area (Å²) in [6.45, 7) is 2.16. The van der Waals surface area contributed by atoms with Crippen molar-refractivity contribution in [3.8, 4) is 0 Å². The van der Waals surface area contributed by atoms with Gasteiger partial charge in [-0.15, -0.1) is 0 Å². The second-order valence-electron chi connectivity index (χ2n) is 7.18. The number of carboxylic acids is 1. The van der Waals surface area contributed by atoms with Crippen molar-refractivity contribution in [3.63, 3.8) is 0 Å². The molecule has 1 saturated carbocycles. The number of aliphatic hydroxyl groups excluding tert-OH is 2. The van der Waals surface area contributed by atoms with Crippen molar-refractivity contribution in [3.05, 3.63) is 12.2 Å². The second kappa shape index (κ2) is 12.2. The third-order valence-electron chi connectivity index (χ3n) is 5.10. The van der Waals surface area contributed by atoms with Crippen LogP contribution in [0.15, 0.2) is 12.2 Å². The van der Waals surface area contributed by atoms with Crippen molar-refractivity contribution in [2.24, 2.45) is 11.8 Å². The van der Waals surface area contributed by atoms with Gasteiger partial charge in [-0.25, -0.2) is 0 Å². The average Bonchev–Trinajstić information content (AvgIpc) is 2.83. The lowest BCUT2D eigenvalue weighted by Crippen LogP contribution is -2.32. The van der Waals surface area contributed by atoms with Crippen LogP contribution in [0.25, 0.3) is 0 Å². The highest BCUT2D eigenvalue weighted by Crippen LogP contribution is 2.36. The van der Waals surface area contributed by atoms with Gasteiger partial charge in [-0.3, -0.25) is 9.59 Å². The van der Waals surface area contributed by atoms with Crippen molar-refractivity contribution in [1.29, 1.82) is 0 Å². The number of carboxylic acid groups (broad SMARTS) is 1. The minimum absolute atomic E-state index is 0.0257. The highest BCUT2D eigenvalue weighted by Gasteiger charge is 2.44. The van der Waals surface area contributed by atoms with Gasteiger partial charge in [0.05, 0.1) is 12.2 Å². The molecule has 1 aliphatic rings. The number of allylic oxidation sites excluding steroid dienone is 2. The Kier molecular flexibility index (Phi) is 10.7. The van der Waals surface area contributed by atoms with Gasteiger partial charge >= 0.3 is 5.97 Å². The molecule has 4 unspecified atom stereocenters. The molecular weight excluding hydrogens is 320 g/mol. The van der Waals surface area contributed by atoms with E-state index in [9.17, 15) is 19.8 Å². The number of carbonyl (C=O) groups excluding carboxylic acids is 1. The number of hydrogen-bond donors (Lipinski definition) is 3. The smallest absolute Gasteiger partial charge is 0.303 e. The molecule has 3 N–H and O–H groups in total. The monoisotopic (exact) mass is 354 g/mol. The van der Waals surface area contributed by atoms with E-state index in [1.165, 1.54) is 12.8 Å². The number of aliphatic carboxylic acids is 1. The largest absolute Gasteiger partial charge is 0.481 e. The van der Waals surface area contributed by atoms with Crippen LogP contribution in [-0.4, -0.2) is 39.3 Å². The molecule has 0 aliphatic heterocycles. The molecule has 0 aromatic carbocycles. The summed E-state index contributed by atoms with van der Waals surface area (Å²) in [6, 6.07) is 0. The van der Waals surface area contributed by atoms with Crippen LogP contribution in [0.2, 0.25) is 0 Å². The summed E-state index contributed by atoms with van der Waals surface area (Å²) in [6.07, 6.45) is 10.6. The van der Waals surface area contributed by atoms with Crippen LogP contribution in [0.3, 0.4) is 0 Å². The molecule has 0 radical (unpaired) electrons. The molecule has 144 valence electrons. The topological polar surface area (TPSA) is 94.8 Å². The van der Waals surface area contributed by atoms with Crippen LogP contribution in [0, 0.1) is 11.8 Å². The Morgan fingerprint density at radius 2 is 1.92 bits per heavy atom. The van der Waals surface area contributed by atoms with Gasteiger partial charge in [0.25, 0.3) is 0 Å². The van der Waals surface area contributed by atoms with E-state index in [-0.39, 0.29) is 30.5 Å². The lowest BCUT2D eigenvalue weighted by Gasteiger charge is -2.25. The van der Waals surface area contributed by atoms with E-state index < -0.39 is 18.2 Å². The minimum Gasteiger partial charge on any atom is -0.481 e. The fourth-order valence-electron chi connectivity index (χ4n) is 3.67. The van der Waals surface area contributed by atoms with E-state index in [2.05, 4.69) is 6.92 Å². The third-order valence-corrected chi connectivity index (χ3v) is 5.10. The summed E-state index contributed by atoms with van der Waals surface area (Å²) in [5, 5.41) is 29.2. The van der Waals surface area contributed by atoms with Gasteiger partial charge in [0.15, 0.2) is 0 Å². The van der Waals surface area contributed by atoms with E-state index in [4.69, 9.17) is 5.11 Å². The predicted octanol–water partition coefficient (Wildman–Crippen LogP) is 3.48. The molecule has 5 nitrogen and oxygen atoms in total. The quantitative estimate of drug-likeness (QED) is 0.348. The molecule has 0 bridgehead atoms. The first kappa shape index (κ1) is 21.8. The third kappa shape index (κ3) is 8.15. The van der Waals surface area contributed by atoms with E-state index >= 15 is 0 Å². The molecule has 5 heteroatoms. The van der Waals surface area contributed by atoms with Crippen LogP contribution in [0.4, 0.5) is 0 Å². The van der Waals surface area contributed by atoms with Gasteiger partial charge in [0.1, 0.15) is 5.78 Å². The summed E-state index contributed by atoms with van der Waals surface area (Å²) in [4.78, 5) is 22.6. The Bertz CT molecular complexity index is 432. The maximum absolute atomic E-state index is 12.1. The number of hydrogen-bond acceptors (Lipinski definition) is 4. The van der Waals surface area contributed by atoms with Crippen molar-refractivity contribution in [1.82, 2.24) is 0 Å². The van der Waals surface area contributed by atoms with Crippen molar-refractivity contribution < 1.29 is 24.9 Å². The first-order valence-corrected chi connectivity index (χ1v) is 9.73. The number of ketones is 1. The second-order valence-corrected chi connectivity index (χ2v) is 7.18. The van der Waals surface area contributed by atoms with Crippen LogP contribution in [0.1, 0.15) is 77.6 Å². The lowest BCUT2D eigenvalue weighted by atomic mass is 9.84. The van der Waals surface area contributed by atoms with Crippen LogP contribution < -0.4 is 0 Å².